The molecule has 2 aliphatic heterocycles. The van der Waals surface area contributed by atoms with E-state index in [-0.39, 0.29) is 0 Å². The van der Waals surface area contributed by atoms with E-state index in [4.69, 9.17) is 13.7 Å². The fourth-order valence-corrected chi connectivity index (χ4v) is 8.39. The van der Waals surface area contributed by atoms with Gasteiger partial charge >= 0.3 is 7.12 Å². The molecule has 5 heteroatoms. The Labute approximate surface area is 280 Å². The predicted molar refractivity (Wildman–Crippen MR) is 195 cm³/mol. The van der Waals surface area contributed by atoms with Crippen LogP contribution >= 0.6 is 0 Å². The molecule has 0 N–H and O–H groups in total. The number of benzene rings is 6. The van der Waals surface area contributed by atoms with Crippen LogP contribution in [0.15, 0.2) is 138 Å². The van der Waals surface area contributed by atoms with Gasteiger partial charge in [-0.3, -0.25) is 0 Å². The van der Waals surface area contributed by atoms with Gasteiger partial charge in [0, 0.05) is 22.5 Å². The van der Waals surface area contributed by atoms with Gasteiger partial charge in [0.1, 0.15) is 11.2 Å². The molecule has 232 valence electrons. The van der Waals surface area contributed by atoms with E-state index in [1.165, 1.54) is 44.8 Å². The van der Waals surface area contributed by atoms with Crippen molar-refractivity contribution in [1.29, 1.82) is 0 Å². The summed E-state index contributed by atoms with van der Waals surface area (Å²) in [7, 11) is -0.442. The van der Waals surface area contributed by atoms with Crippen LogP contribution in [0.4, 0.5) is 17.1 Å². The summed E-state index contributed by atoms with van der Waals surface area (Å²) in [6.07, 6.45) is 0. The highest BCUT2D eigenvalue weighted by molar-refractivity contribution is 6.62. The number of hydrogen-bond acceptors (Lipinski definition) is 4. The smallest absolute Gasteiger partial charge is 0.456 e. The van der Waals surface area contributed by atoms with Gasteiger partial charge in [-0.05, 0) is 96.9 Å². The number of rotatable bonds is 2. The predicted octanol–water partition coefficient (Wildman–Crippen LogP) is 10.0. The fraction of sp³-hybridized carbons (Fsp3) is 0.163. The first-order valence-corrected chi connectivity index (χ1v) is 16.8. The van der Waals surface area contributed by atoms with Gasteiger partial charge in [0.05, 0.1) is 28.0 Å². The highest BCUT2D eigenvalue weighted by Gasteiger charge is 2.53. The highest BCUT2D eigenvalue weighted by atomic mass is 16.7. The normalized spacial score (nSPS) is 17.8. The summed E-state index contributed by atoms with van der Waals surface area (Å²) in [5.41, 5.74) is 12.6. The summed E-state index contributed by atoms with van der Waals surface area (Å²) >= 11 is 0. The zero-order chi connectivity index (χ0) is 32.4. The van der Waals surface area contributed by atoms with E-state index in [2.05, 4.69) is 166 Å². The summed E-state index contributed by atoms with van der Waals surface area (Å²) in [5, 5.41) is 2.16. The number of fused-ring (bicyclic) bond motifs is 12. The number of hydrogen-bond donors (Lipinski definition) is 0. The van der Waals surface area contributed by atoms with Crippen molar-refractivity contribution >= 4 is 51.6 Å². The molecule has 1 spiro atoms. The minimum atomic E-state index is -0.442. The molecule has 4 nitrogen and oxygen atoms in total. The summed E-state index contributed by atoms with van der Waals surface area (Å²) in [6, 6.07) is 48.5. The Balaban J connectivity index is 1.15. The van der Waals surface area contributed by atoms with Crippen LogP contribution in [0.2, 0.25) is 0 Å². The van der Waals surface area contributed by atoms with Crippen LogP contribution in [0.3, 0.4) is 0 Å². The lowest BCUT2D eigenvalue weighted by Crippen LogP contribution is -2.41. The van der Waals surface area contributed by atoms with Crippen molar-refractivity contribution in [2.24, 2.45) is 0 Å². The number of nitrogens with zero attached hydrogens (tertiary/aromatic N) is 1. The monoisotopic (exact) mass is 623 g/mol. The Kier molecular flexibility index (Phi) is 5.54. The number of anilines is 3. The lowest BCUT2D eigenvalue weighted by atomic mass is 9.64. The Morgan fingerprint density at radius 2 is 0.979 bits per heavy atom. The maximum absolute atomic E-state index is 6.61. The average molecular weight is 624 g/mol. The molecule has 0 unspecified atom stereocenters. The van der Waals surface area contributed by atoms with Gasteiger partial charge in [0.2, 0.25) is 0 Å². The minimum absolute atomic E-state index is 0.405. The first kappa shape index (κ1) is 28.0. The summed E-state index contributed by atoms with van der Waals surface area (Å²) in [6.45, 7) is 8.32. The molecule has 7 aromatic rings. The Morgan fingerprint density at radius 3 is 1.56 bits per heavy atom. The van der Waals surface area contributed by atoms with Gasteiger partial charge in [0.25, 0.3) is 0 Å². The molecule has 48 heavy (non-hydrogen) atoms. The van der Waals surface area contributed by atoms with Crippen molar-refractivity contribution in [3.05, 3.63) is 156 Å². The van der Waals surface area contributed by atoms with Gasteiger partial charge in [0.15, 0.2) is 0 Å². The van der Waals surface area contributed by atoms with Crippen molar-refractivity contribution in [3.63, 3.8) is 0 Å². The van der Waals surface area contributed by atoms with Crippen LogP contribution in [0.1, 0.15) is 49.9 Å². The average Bonchev–Trinajstić information content (AvgIpc) is 3.69. The van der Waals surface area contributed by atoms with Crippen molar-refractivity contribution < 1.29 is 13.7 Å². The van der Waals surface area contributed by atoms with Crippen LogP contribution in [0.5, 0.6) is 0 Å². The van der Waals surface area contributed by atoms with Gasteiger partial charge < -0.3 is 18.6 Å². The number of furan rings is 1. The zero-order valence-corrected chi connectivity index (χ0v) is 27.5. The van der Waals surface area contributed by atoms with E-state index in [1.807, 2.05) is 0 Å². The largest absolute Gasteiger partial charge is 0.494 e. The summed E-state index contributed by atoms with van der Waals surface area (Å²) < 4.78 is 19.3. The molecular weight excluding hydrogens is 589 g/mol. The van der Waals surface area contributed by atoms with E-state index in [0.717, 1.165) is 33.1 Å². The molecule has 0 amide bonds. The van der Waals surface area contributed by atoms with Crippen molar-refractivity contribution in [2.45, 2.75) is 44.3 Å². The molecule has 1 aliphatic carbocycles. The SMILES string of the molecule is CC1(C)OB(c2ccc3c(c2)oc2cc(N4c5ccccc5C5(c6ccccc6-c6ccccc65)c5ccccc54)ccc23)OC1(C)C. The summed E-state index contributed by atoms with van der Waals surface area (Å²) in [5.74, 6) is 0. The molecule has 1 saturated heterocycles. The third kappa shape index (κ3) is 3.53. The van der Waals surface area contributed by atoms with Crippen molar-refractivity contribution in [2.75, 3.05) is 4.90 Å². The first-order valence-electron chi connectivity index (χ1n) is 16.8. The van der Waals surface area contributed by atoms with E-state index in [0.29, 0.717) is 0 Å². The molecule has 10 rings (SSSR count). The third-order valence-corrected chi connectivity index (χ3v) is 11.3. The number of para-hydroxylation sites is 2. The van der Waals surface area contributed by atoms with Crippen molar-refractivity contribution in [3.8, 4) is 11.1 Å². The zero-order valence-electron chi connectivity index (χ0n) is 27.5. The first-order chi connectivity index (χ1) is 23.3. The molecule has 3 heterocycles. The maximum atomic E-state index is 6.61. The maximum Gasteiger partial charge on any atom is 0.494 e. The molecule has 6 aromatic carbocycles. The molecule has 0 bridgehead atoms. The molecule has 3 aliphatic rings. The third-order valence-electron chi connectivity index (χ3n) is 11.3. The Hall–Kier alpha value is -5.10. The molecule has 0 radical (unpaired) electrons. The van der Waals surface area contributed by atoms with E-state index in [1.54, 1.807) is 0 Å². The van der Waals surface area contributed by atoms with E-state index < -0.39 is 23.7 Å². The molecular formula is C43H34BNO3. The second-order valence-corrected chi connectivity index (χ2v) is 14.3. The van der Waals surface area contributed by atoms with Crippen LogP contribution < -0.4 is 10.4 Å². The van der Waals surface area contributed by atoms with Gasteiger partial charge in [-0.1, -0.05) is 97.1 Å². The molecule has 0 atom stereocenters. The van der Waals surface area contributed by atoms with Crippen LogP contribution in [-0.2, 0) is 14.7 Å². The van der Waals surface area contributed by atoms with Crippen LogP contribution in [0.25, 0.3) is 33.1 Å². The van der Waals surface area contributed by atoms with Gasteiger partial charge in [-0.25, -0.2) is 0 Å². The van der Waals surface area contributed by atoms with Crippen LogP contribution in [0, 0.1) is 0 Å². The van der Waals surface area contributed by atoms with Crippen molar-refractivity contribution in [1.82, 2.24) is 0 Å². The van der Waals surface area contributed by atoms with E-state index >= 15 is 0 Å². The summed E-state index contributed by atoms with van der Waals surface area (Å²) in [4.78, 5) is 2.40. The molecule has 1 aromatic heterocycles. The quantitative estimate of drug-likeness (QED) is 0.180. The van der Waals surface area contributed by atoms with Crippen LogP contribution in [-0.4, -0.2) is 18.3 Å². The minimum Gasteiger partial charge on any atom is -0.456 e. The lowest BCUT2D eigenvalue weighted by molar-refractivity contribution is 0.00578. The highest BCUT2D eigenvalue weighted by Crippen LogP contribution is 2.63. The molecule has 1 fully saturated rings. The second-order valence-electron chi connectivity index (χ2n) is 14.3. The fourth-order valence-electron chi connectivity index (χ4n) is 8.39. The topological polar surface area (TPSA) is 34.8 Å². The molecule has 0 saturated carbocycles. The standard InChI is InChI=1S/C43H34BNO3/c1-41(2)42(3,4)48-44(47-41)27-21-23-31-32-24-22-28(26-40(32)46-39(31)25-27)45-37-19-11-9-17-35(37)43(36-18-10-12-20-38(36)45)33-15-7-5-13-29(33)30-14-6-8-16-34(30)43/h5-26H,1-4H3. The van der Waals surface area contributed by atoms with Gasteiger partial charge in [-0.2, -0.15) is 0 Å². The Bertz CT molecular complexity index is 2350. The van der Waals surface area contributed by atoms with E-state index in [9.17, 15) is 0 Å². The lowest BCUT2D eigenvalue weighted by Gasteiger charge is -2.45. The van der Waals surface area contributed by atoms with Gasteiger partial charge in [-0.15, -0.1) is 0 Å². The Morgan fingerprint density at radius 1 is 0.500 bits per heavy atom. The second kappa shape index (κ2) is 9.50.